The van der Waals surface area contributed by atoms with Crippen LogP contribution in [0.1, 0.15) is 46.5 Å². The van der Waals surface area contributed by atoms with Gasteiger partial charge in [-0.25, -0.2) is 0 Å². The molecule has 0 fully saturated rings. The first kappa shape index (κ1) is 13.4. The predicted octanol–water partition coefficient (Wildman–Crippen LogP) is 4.11. The van der Waals surface area contributed by atoms with Crippen molar-refractivity contribution in [1.29, 1.82) is 0 Å². The van der Waals surface area contributed by atoms with Gasteiger partial charge in [-0.05, 0) is 39.5 Å². The fourth-order valence-electron chi connectivity index (χ4n) is 1.19. The highest BCUT2D eigenvalue weighted by atomic mass is 16.5. The molecule has 0 aliphatic carbocycles. The van der Waals surface area contributed by atoms with Crippen LogP contribution in [0.2, 0.25) is 0 Å². The van der Waals surface area contributed by atoms with Crippen molar-refractivity contribution in [1.82, 2.24) is 0 Å². The summed E-state index contributed by atoms with van der Waals surface area (Å²) >= 11 is 0. The van der Waals surface area contributed by atoms with Crippen molar-refractivity contribution in [2.24, 2.45) is 0 Å². The molecule has 0 unspecified atom stereocenters. The molecular formula is C13H24O. The number of hydrogen-bond acceptors (Lipinski definition) is 1. The largest absolute Gasteiger partial charge is 0.377 e. The van der Waals surface area contributed by atoms with Crippen LogP contribution in [0.25, 0.3) is 0 Å². The fraction of sp³-hybridized carbons (Fsp3) is 0.692. The highest BCUT2D eigenvalue weighted by Gasteiger charge is 1.90. The Labute approximate surface area is 88.9 Å². The molecule has 0 heterocycles. The highest BCUT2D eigenvalue weighted by Crippen LogP contribution is 2.06. The van der Waals surface area contributed by atoms with Crippen LogP contribution in [-0.4, -0.2) is 13.2 Å². The van der Waals surface area contributed by atoms with Crippen molar-refractivity contribution < 1.29 is 4.74 Å². The SMILES string of the molecule is C=C(C)CCC/C=C(\C)COCCC. The van der Waals surface area contributed by atoms with E-state index in [2.05, 4.69) is 33.4 Å². The van der Waals surface area contributed by atoms with Gasteiger partial charge in [0.15, 0.2) is 0 Å². The number of unbranched alkanes of at least 4 members (excludes halogenated alkanes) is 1. The van der Waals surface area contributed by atoms with E-state index in [1.165, 1.54) is 17.6 Å². The highest BCUT2D eigenvalue weighted by molar-refractivity contribution is 4.98. The molecule has 0 radical (unpaired) electrons. The molecule has 0 bridgehead atoms. The van der Waals surface area contributed by atoms with Gasteiger partial charge >= 0.3 is 0 Å². The van der Waals surface area contributed by atoms with Gasteiger partial charge in [-0.3, -0.25) is 0 Å². The molecule has 1 nitrogen and oxygen atoms in total. The lowest BCUT2D eigenvalue weighted by Crippen LogP contribution is -1.96. The first-order valence-corrected chi connectivity index (χ1v) is 5.54. The third kappa shape index (κ3) is 9.53. The lowest BCUT2D eigenvalue weighted by molar-refractivity contribution is 0.156. The van der Waals surface area contributed by atoms with Gasteiger partial charge in [0, 0.05) is 6.61 Å². The lowest BCUT2D eigenvalue weighted by Gasteiger charge is -2.02. The average molecular weight is 196 g/mol. The minimum Gasteiger partial charge on any atom is -0.377 e. The van der Waals surface area contributed by atoms with Crippen molar-refractivity contribution in [2.45, 2.75) is 46.5 Å². The molecule has 0 amide bonds. The van der Waals surface area contributed by atoms with Crippen LogP contribution in [0.15, 0.2) is 23.8 Å². The Morgan fingerprint density at radius 1 is 1.36 bits per heavy atom. The standard InChI is InChI=1S/C13H24O/c1-5-10-14-11-13(4)9-7-6-8-12(2)3/h9H,2,5-8,10-11H2,1,3-4H3/b13-9+. The smallest absolute Gasteiger partial charge is 0.0674 e. The molecule has 0 atom stereocenters. The fourth-order valence-corrected chi connectivity index (χ4v) is 1.19. The van der Waals surface area contributed by atoms with Crippen molar-refractivity contribution in [3.63, 3.8) is 0 Å². The Kier molecular flexibility index (Phi) is 8.65. The molecule has 0 aromatic carbocycles. The second-order valence-corrected chi connectivity index (χ2v) is 3.95. The molecule has 82 valence electrons. The van der Waals surface area contributed by atoms with Gasteiger partial charge in [0.2, 0.25) is 0 Å². The maximum absolute atomic E-state index is 5.44. The van der Waals surface area contributed by atoms with Crippen LogP contribution in [-0.2, 0) is 4.74 Å². The monoisotopic (exact) mass is 196 g/mol. The zero-order chi connectivity index (χ0) is 10.8. The quantitative estimate of drug-likeness (QED) is 0.419. The van der Waals surface area contributed by atoms with Crippen molar-refractivity contribution in [3.05, 3.63) is 23.8 Å². The Morgan fingerprint density at radius 2 is 2.07 bits per heavy atom. The van der Waals surface area contributed by atoms with Crippen LogP contribution in [0.4, 0.5) is 0 Å². The topological polar surface area (TPSA) is 9.23 Å². The molecule has 14 heavy (non-hydrogen) atoms. The van der Waals surface area contributed by atoms with Crippen molar-refractivity contribution in [3.8, 4) is 0 Å². The van der Waals surface area contributed by atoms with E-state index >= 15 is 0 Å². The van der Waals surface area contributed by atoms with Crippen LogP contribution >= 0.6 is 0 Å². The summed E-state index contributed by atoms with van der Waals surface area (Å²) in [4.78, 5) is 0. The summed E-state index contributed by atoms with van der Waals surface area (Å²) in [6.07, 6.45) is 6.87. The number of ether oxygens (including phenoxy) is 1. The van der Waals surface area contributed by atoms with Gasteiger partial charge in [-0.15, -0.1) is 6.58 Å². The van der Waals surface area contributed by atoms with Gasteiger partial charge in [-0.2, -0.15) is 0 Å². The Bertz CT molecular complexity index is 180. The summed E-state index contributed by atoms with van der Waals surface area (Å²) < 4.78 is 5.44. The van der Waals surface area contributed by atoms with Gasteiger partial charge in [-0.1, -0.05) is 24.1 Å². The van der Waals surface area contributed by atoms with E-state index < -0.39 is 0 Å². The molecule has 0 N–H and O–H groups in total. The molecular weight excluding hydrogens is 172 g/mol. The van der Waals surface area contributed by atoms with Gasteiger partial charge in [0.1, 0.15) is 0 Å². The first-order chi connectivity index (χ1) is 6.66. The summed E-state index contributed by atoms with van der Waals surface area (Å²) in [5.74, 6) is 0. The summed E-state index contributed by atoms with van der Waals surface area (Å²) in [5.41, 5.74) is 2.62. The molecule has 0 saturated heterocycles. The summed E-state index contributed by atoms with van der Waals surface area (Å²) in [5, 5.41) is 0. The van der Waals surface area contributed by atoms with E-state index in [4.69, 9.17) is 4.74 Å². The molecule has 0 rings (SSSR count). The minimum atomic E-state index is 0.793. The van der Waals surface area contributed by atoms with E-state index in [1.807, 2.05) is 0 Å². The minimum absolute atomic E-state index is 0.793. The zero-order valence-electron chi connectivity index (χ0n) is 9.94. The van der Waals surface area contributed by atoms with Crippen LogP contribution in [0, 0.1) is 0 Å². The molecule has 0 aliphatic rings. The van der Waals surface area contributed by atoms with Gasteiger partial charge in [0.25, 0.3) is 0 Å². The van der Waals surface area contributed by atoms with E-state index in [9.17, 15) is 0 Å². The van der Waals surface area contributed by atoms with Gasteiger partial charge in [0.05, 0.1) is 6.61 Å². The molecule has 0 saturated carbocycles. The van der Waals surface area contributed by atoms with Crippen LogP contribution in [0.3, 0.4) is 0 Å². The van der Waals surface area contributed by atoms with Gasteiger partial charge < -0.3 is 4.74 Å². The number of rotatable bonds is 8. The molecule has 0 aromatic rings. The Balaban J connectivity index is 3.41. The molecule has 0 aromatic heterocycles. The van der Waals surface area contributed by atoms with Crippen LogP contribution in [0.5, 0.6) is 0 Å². The van der Waals surface area contributed by atoms with Crippen molar-refractivity contribution in [2.75, 3.05) is 13.2 Å². The lowest BCUT2D eigenvalue weighted by atomic mass is 10.1. The van der Waals surface area contributed by atoms with E-state index in [0.29, 0.717) is 0 Å². The molecule has 1 heteroatoms. The first-order valence-electron chi connectivity index (χ1n) is 5.54. The van der Waals surface area contributed by atoms with Crippen molar-refractivity contribution >= 4 is 0 Å². The van der Waals surface area contributed by atoms with Crippen LogP contribution < -0.4 is 0 Å². The predicted molar refractivity (Wildman–Crippen MR) is 63.5 cm³/mol. The summed E-state index contributed by atoms with van der Waals surface area (Å²) in [6.45, 7) is 11.9. The average Bonchev–Trinajstić information content (AvgIpc) is 2.13. The number of allylic oxidation sites excluding steroid dienone is 2. The third-order valence-electron chi connectivity index (χ3n) is 1.98. The second kappa shape index (κ2) is 9.01. The second-order valence-electron chi connectivity index (χ2n) is 3.95. The summed E-state index contributed by atoms with van der Waals surface area (Å²) in [7, 11) is 0. The summed E-state index contributed by atoms with van der Waals surface area (Å²) in [6, 6.07) is 0. The van der Waals surface area contributed by atoms with E-state index in [-0.39, 0.29) is 0 Å². The normalized spacial score (nSPS) is 11.8. The van der Waals surface area contributed by atoms with E-state index in [1.54, 1.807) is 0 Å². The Morgan fingerprint density at radius 3 is 2.64 bits per heavy atom. The maximum atomic E-state index is 5.44. The molecule has 0 aliphatic heterocycles. The van der Waals surface area contributed by atoms with E-state index in [0.717, 1.165) is 32.5 Å². The third-order valence-corrected chi connectivity index (χ3v) is 1.98. The maximum Gasteiger partial charge on any atom is 0.0674 e. The Hall–Kier alpha value is -0.560. The number of hydrogen-bond donors (Lipinski definition) is 0. The molecule has 0 spiro atoms. The zero-order valence-corrected chi connectivity index (χ0v) is 9.94.